The van der Waals surface area contributed by atoms with Crippen molar-refractivity contribution in [1.82, 2.24) is 14.9 Å². The molecule has 0 spiro atoms. The first kappa shape index (κ1) is 26.3. The number of amides is 1. The molecule has 4 aromatic rings. The average Bonchev–Trinajstić information content (AvgIpc) is 3.42. The van der Waals surface area contributed by atoms with Crippen molar-refractivity contribution in [2.75, 3.05) is 26.7 Å². The number of likely N-dealkylation sites (tertiary alicyclic amines) is 1. The fraction of sp³-hybridized carbons (Fsp3) is 0.281. The van der Waals surface area contributed by atoms with E-state index in [4.69, 9.17) is 21.4 Å². The van der Waals surface area contributed by atoms with Crippen LogP contribution in [0.3, 0.4) is 0 Å². The second-order valence-electron chi connectivity index (χ2n) is 10.3. The molecule has 40 heavy (non-hydrogen) atoms. The SMILES string of the molecule is COc1ccccc1C1CC(c2c(-c3ccccc3)c3cc(Cl)ccc3[nH]c2=O)=NN1C(=O)CN1CCCCC1. The molecule has 0 saturated carbocycles. The summed E-state index contributed by atoms with van der Waals surface area (Å²) < 4.78 is 5.68. The quantitative estimate of drug-likeness (QED) is 0.316. The van der Waals surface area contributed by atoms with Crippen LogP contribution in [0.2, 0.25) is 5.02 Å². The number of para-hydroxylation sites is 1. The molecule has 1 unspecified atom stereocenters. The van der Waals surface area contributed by atoms with Crippen LogP contribution in [0.5, 0.6) is 5.75 Å². The van der Waals surface area contributed by atoms with Gasteiger partial charge in [0, 0.05) is 33.5 Å². The molecule has 1 atom stereocenters. The van der Waals surface area contributed by atoms with E-state index in [1.165, 1.54) is 6.42 Å². The lowest BCUT2D eigenvalue weighted by Crippen LogP contribution is -2.40. The van der Waals surface area contributed by atoms with E-state index in [0.29, 0.717) is 34.0 Å². The minimum atomic E-state index is -0.401. The molecule has 3 heterocycles. The summed E-state index contributed by atoms with van der Waals surface area (Å²) in [5, 5.41) is 7.86. The largest absolute Gasteiger partial charge is 0.496 e. The summed E-state index contributed by atoms with van der Waals surface area (Å²) in [4.78, 5) is 32.8. The molecular weight excluding hydrogens is 524 g/mol. The zero-order valence-corrected chi connectivity index (χ0v) is 23.2. The first-order valence-electron chi connectivity index (χ1n) is 13.7. The molecule has 1 N–H and O–H groups in total. The Morgan fingerprint density at radius 2 is 1.75 bits per heavy atom. The highest BCUT2D eigenvalue weighted by Crippen LogP contribution is 2.40. The molecular formula is C32H31ClN4O3. The van der Waals surface area contributed by atoms with E-state index >= 15 is 0 Å². The summed E-state index contributed by atoms with van der Waals surface area (Å²) in [6.45, 7) is 2.09. The van der Waals surface area contributed by atoms with Crippen molar-refractivity contribution in [3.05, 3.63) is 99.3 Å². The number of methoxy groups -OCH3 is 1. The van der Waals surface area contributed by atoms with Gasteiger partial charge in [0.05, 0.1) is 31.0 Å². The van der Waals surface area contributed by atoms with E-state index in [-0.39, 0.29) is 18.0 Å². The highest BCUT2D eigenvalue weighted by atomic mass is 35.5. The lowest BCUT2D eigenvalue weighted by molar-refractivity contribution is -0.134. The molecule has 204 valence electrons. The molecule has 2 aliphatic heterocycles. The van der Waals surface area contributed by atoms with Gasteiger partial charge in [0.2, 0.25) is 0 Å². The fourth-order valence-corrected chi connectivity index (χ4v) is 6.07. The van der Waals surface area contributed by atoms with Crippen LogP contribution in [0.4, 0.5) is 0 Å². The third-order valence-corrected chi connectivity index (χ3v) is 8.03. The van der Waals surface area contributed by atoms with E-state index in [1.807, 2.05) is 66.7 Å². The standard InChI is InChI=1S/C32H31ClN4O3/c1-40-28-13-7-6-12-23(28)27-19-26(35-37(27)29(38)20-36-16-8-3-9-17-36)31-30(21-10-4-2-5-11-21)24-18-22(33)14-15-25(24)34-32(31)39/h2,4-7,10-15,18,27H,3,8-9,16-17,19-20H2,1H3,(H,34,39). The smallest absolute Gasteiger partial charge is 0.258 e. The van der Waals surface area contributed by atoms with Crippen LogP contribution in [0, 0.1) is 0 Å². The van der Waals surface area contributed by atoms with E-state index in [1.54, 1.807) is 18.2 Å². The zero-order chi connectivity index (χ0) is 27.6. The second kappa shape index (κ2) is 11.3. The maximum absolute atomic E-state index is 13.8. The second-order valence-corrected chi connectivity index (χ2v) is 10.8. The molecule has 1 amide bonds. The van der Waals surface area contributed by atoms with Crippen molar-refractivity contribution in [2.24, 2.45) is 5.10 Å². The molecule has 0 aliphatic carbocycles. The van der Waals surface area contributed by atoms with Crippen LogP contribution >= 0.6 is 11.6 Å². The molecule has 1 aromatic heterocycles. The third kappa shape index (κ3) is 5.03. The number of aromatic amines is 1. The Balaban J connectivity index is 1.51. The van der Waals surface area contributed by atoms with E-state index in [2.05, 4.69) is 9.88 Å². The summed E-state index contributed by atoms with van der Waals surface area (Å²) in [6.07, 6.45) is 3.75. The van der Waals surface area contributed by atoms with Crippen molar-refractivity contribution >= 4 is 34.1 Å². The summed E-state index contributed by atoms with van der Waals surface area (Å²) in [5.74, 6) is 0.594. The van der Waals surface area contributed by atoms with Gasteiger partial charge in [-0.15, -0.1) is 0 Å². The molecule has 1 saturated heterocycles. The molecule has 6 rings (SSSR count). The van der Waals surface area contributed by atoms with E-state index in [9.17, 15) is 9.59 Å². The average molecular weight is 555 g/mol. The van der Waals surface area contributed by atoms with Crippen LogP contribution in [0.1, 0.15) is 42.9 Å². The summed E-state index contributed by atoms with van der Waals surface area (Å²) in [5.41, 5.74) is 3.94. The highest BCUT2D eigenvalue weighted by Gasteiger charge is 2.37. The Labute approximate surface area is 238 Å². The van der Waals surface area contributed by atoms with Gasteiger partial charge in [-0.05, 0) is 55.8 Å². The number of hydrazone groups is 1. The zero-order valence-electron chi connectivity index (χ0n) is 22.4. The number of fused-ring (bicyclic) bond motifs is 1. The minimum absolute atomic E-state index is 0.0886. The number of ether oxygens (including phenoxy) is 1. The number of halogens is 1. The molecule has 0 bridgehead atoms. The number of rotatable bonds is 6. The number of H-pyrrole nitrogens is 1. The van der Waals surface area contributed by atoms with Gasteiger partial charge in [0.25, 0.3) is 11.5 Å². The lowest BCUT2D eigenvalue weighted by Gasteiger charge is -2.29. The number of aromatic nitrogens is 1. The molecule has 7 nitrogen and oxygen atoms in total. The number of nitrogens with one attached hydrogen (secondary N) is 1. The Bertz CT molecular complexity index is 1640. The number of pyridine rings is 1. The maximum atomic E-state index is 13.8. The van der Waals surface area contributed by atoms with Crippen molar-refractivity contribution in [1.29, 1.82) is 0 Å². The number of carbonyl (C=O) groups excluding carboxylic acids is 1. The number of hydrogen-bond acceptors (Lipinski definition) is 5. The summed E-state index contributed by atoms with van der Waals surface area (Å²) in [7, 11) is 1.63. The first-order chi connectivity index (χ1) is 19.5. The third-order valence-electron chi connectivity index (χ3n) is 7.80. The minimum Gasteiger partial charge on any atom is -0.496 e. The van der Waals surface area contributed by atoms with Crippen LogP contribution in [-0.4, -0.2) is 53.3 Å². The van der Waals surface area contributed by atoms with Gasteiger partial charge >= 0.3 is 0 Å². The number of hydrogen-bond donors (Lipinski definition) is 1. The number of carbonyl (C=O) groups is 1. The lowest BCUT2D eigenvalue weighted by atomic mass is 9.91. The summed E-state index contributed by atoms with van der Waals surface area (Å²) in [6, 6.07) is 22.5. The monoisotopic (exact) mass is 554 g/mol. The van der Waals surface area contributed by atoms with Gasteiger partial charge in [-0.2, -0.15) is 5.10 Å². The van der Waals surface area contributed by atoms with Crippen molar-refractivity contribution in [3.8, 4) is 16.9 Å². The van der Waals surface area contributed by atoms with Gasteiger partial charge < -0.3 is 9.72 Å². The molecule has 3 aromatic carbocycles. The van der Waals surface area contributed by atoms with Crippen molar-refractivity contribution in [2.45, 2.75) is 31.7 Å². The van der Waals surface area contributed by atoms with E-state index < -0.39 is 6.04 Å². The first-order valence-corrected chi connectivity index (χ1v) is 14.1. The maximum Gasteiger partial charge on any atom is 0.258 e. The topological polar surface area (TPSA) is 78.0 Å². The normalized spacial score (nSPS) is 17.7. The predicted molar refractivity (Wildman–Crippen MR) is 159 cm³/mol. The highest BCUT2D eigenvalue weighted by molar-refractivity contribution is 6.31. The van der Waals surface area contributed by atoms with Gasteiger partial charge in [-0.1, -0.05) is 66.6 Å². The molecule has 1 fully saturated rings. The number of benzene rings is 3. The molecule has 8 heteroatoms. The Kier molecular flexibility index (Phi) is 7.41. The molecule has 2 aliphatic rings. The van der Waals surface area contributed by atoms with Crippen LogP contribution < -0.4 is 10.3 Å². The van der Waals surface area contributed by atoms with Crippen molar-refractivity contribution < 1.29 is 9.53 Å². The Hall–Kier alpha value is -3.94. The van der Waals surface area contributed by atoms with Gasteiger partial charge in [-0.3, -0.25) is 14.5 Å². The van der Waals surface area contributed by atoms with Gasteiger partial charge in [0.1, 0.15) is 5.75 Å². The van der Waals surface area contributed by atoms with Crippen LogP contribution in [-0.2, 0) is 4.79 Å². The summed E-state index contributed by atoms with van der Waals surface area (Å²) >= 11 is 6.43. The predicted octanol–water partition coefficient (Wildman–Crippen LogP) is 6.02. The van der Waals surface area contributed by atoms with Crippen LogP contribution in [0.15, 0.2) is 82.7 Å². The van der Waals surface area contributed by atoms with Gasteiger partial charge in [-0.25, -0.2) is 5.01 Å². The fourth-order valence-electron chi connectivity index (χ4n) is 5.90. The van der Waals surface area contributed by atoms with Crippen LogP contribution in [0.25, 0.3) is 22.0 Å². The van der Waals surface area contributed by atoms with Gasteiger partial charge in [0.15, 0.2) is 0 Å². The number of piperidine rings is 1. The number of nitrogens with zero attached hydrogens (tertiary/aromatic N) is 3. The van der Waals surface area contributed by atoms with E-state index in [0.717, 1.165) is 48.0 Å². The van der Waals surface area contributed by atoms with Crippen molar-refractivity contribution in [3.63, 3.8) is 0 Å². The Morgan fingerprint density at radius 3 is 2.52 bits per heavy atom. The Morgan fingerprint density at radius 1 is 1.00 bits per heavy atom. The molecule has 0 radical (unpaired) electrons.